The topological polar surface area (TPSA) is 134 Å². The molecule has 0 bridgehead atoms. The fourth-order valence-electron chi connectivity index (χ4n) is 4.76. The van der Waals surface area contributed by atoms with Gasteiger partial charge in [0.25, 0.3) is 0 Å². The minimum atomic E-state index is -3.30. The van der Waals surface area contributed by atoms with Gasteiger partial charge in [0.05, 0.1) is 29.1 Å². The van der Waals surface area contributed by atoms with Gasteiger partial charge in [-0.3, -0.25) is 4.79 Å². The number of sulfone groups is 1. The first-order valence-corrected chi connectivity index (χ1v) is 13.0. The van der Waals surface area contributed by atoms with Gasteiger partial charge in [-0.1, -0.05) is 0 Å². The molecule has 174 valence electrons. The van der Waals surface area contributed by atoms with E-state index in [4.69, 9.17) is 4.98 Å². The smallest absolute Gasteiger partial charge is 0.231 e. The third-order valence-electron chi connectivity index (χ3n) is 6.44. The van der Waals surface area contributed by atoms with Gasteiger partial charge in [-0.25, -0.2) is 18.4 Å². The molecule has 0 radical (unpaired) electrons. The summed E-state index contributed by atoms with van der Waals surface area (Å²) in [6, 6.07) is 10.6. The molecule has 1 aromatic carbocycles. The van der Waals surface area contributed by atoms with Crippen LogP contribution in [0.15, 0.2) is 47.6 Å². The Balaban J connectivity index is 1.46. The number of aromatic nitrogens is 4. The van der Waals surface area contributed by atoms with Crippen LogP contribution in [0.4, 0.5) is 5.69 Å². The van der Waals surface area contributed by atoms with E-state index in [0.717, 1.165) is 54.0 Å². The average Bonchev–Trinajstić information content (AvgIpc) is 3.43. The van der Waals surface area contributed by atoms with Crippen molar-refractivity contribution < 1.29 is 13.2 Å². The van der Waals surface area contributed by atoms with Gasteiger partial charge in [0.1, 0.15) is 17.0 Å². The van der Waals surface area contributed by atoms with E-state index in [0.29, 0.717) is 11.5 Å². The molecule has 0 aliphatic heterocycles. The molecule has 1 aliphatic rings. The number of imidazole rings is 1. The highest BCUT2D eigenvalue weighted by molar-refractivity contribution is 7.90. The van der Waals surface area contributed by atoms with E-state index < -0.39 is 9.84 Å². The van der Waals surface area contributed by atoms with Crippen LogP contribution in [0, 0.1) is 17.2 Å². The quantitative estimate of drug-likeness (QED) is 0.451. The number of nitrogens with one attached hydrogen (secondary N) is 2. The van der Waals surface area contributed by atoms with Crippen LogP contribution in [-0.2, 0) is 21.1 Å². The van der Waals surface area contributed by atoms with Gasteiger partial charge in [0.2, 0.25) is 5.91 Å². The molecule has 3 aromatic heterocycles. The summed E-state index contributed by atoms with van der Waals surface area (Å²) in [5.41, 5.74) is 2.97. The lowest BCUT2D eigenvalue weighted by atomic mass is 9.86. The van der Waals surface area contributed by atoms with E-state index in [1.165, 1.54) is 12.1 Å². The number of amides is 1. The molecule has 34 heavy (non-hydrogen) atoms. The lowest BCUT2D eigenvalue weighted by Crippen LogP contribution is -2.22. The number of carbonyl (C=O) groups is 1. The van der Waals surface area contributed by atoms with Crippen LogP contribution in [0.5, 0.6) is 0 Å². The van der Waals surface area contributed by atoms with Gasteiger partial charge in [-0.05, 0) is 56.0 Å². The summed E-state index contributed by atoms with van der Waals surface area (Å²) in [7, 11) is -3.30. The molecule has 1 amide bonds. The van der Waals surface area contributed by atoms with Crippen LogP contribution < -0.4 is 5.32 Å². The van der Waals surface area contributed by atoms with Crippen LogP contribution in [0.1, 0.15) is 37.5 Å². The second-order valence-corrected chi connectivity index (χ2v) is 10.8. The maximum atomic E-state index is 12.9. The maximum Gasteiger partial charge on any atom is 0.231 e. The zero-order valence-electron chi connectivity index (χ0n) is 18.7. The van der Waals surface area contributed by atoms with E-state index in [-0.39, 0.29) is 29.2 Å². The number of nitrogens with zero attached hydrogens (tertiary/aromatic N) is 4. The molecule has 3 heterocycles. The zero-order valence-corrected chi connectivity index (χ0v) is 19.5. The number of anilines is 1. The number of hydrogen-bond donors (Lipinski definition) is 2. The summed E-state index contributed by atoms with van der Waals surface area (Å²) in [6.45, 7) is 0. The van der Waals surface area contributed by atoms with E-state index in [1.54, 1.807) is 18.3 Å². The number of hydrogen-bond acceptors (Lipinski definition) is 6. The summed E-state index contributed by atoms with van der Waals surface area (Å²) < 4.78 is 25.5. The number of nitriles is 1. The molecule has 1 aliphatic carbocycles. The van der Waals surface area contributed by atoms with Crippen LogP contribution in [0.25, 0.3) is 22.1 Å². The van der Waals surface area contributed by atoms with Gasteiger partial charge >= 0.3 is 0 Å². The van der Waals surface area contributed by atoms with Crippen LogP contribution in [-0.4, -0.2) is 40.1 Å². The van der Waals surface area contributed by atoms with Crippen molar-refractivity contribution in [2.75, 3.05) is 11.6 Å². The zero-order chi connectivity index (χ0) is 23.9. The van der Waals surface area contributed by atoms with Crippen LogP contribution in [0.2, 0.25) is 0 Å². The molecule has 5 rings (SSSR count). The van der Waals surface area contributed by atoms with Crippen molar-refractivity contribution in [3.8, 4) is 6.07 Å². The van der Waals surface area contributed by atoms with Gasteiger partial charge < -0.3 is 14.9 Å². The van der Waals surface area contributed by atoms with Gasteiger partial charge in [0, 0.05) is 35.5 Å². The lowest BCUT2D eigenvalue weighted by Gasteiger charge is -2.28. The van der Waals surface area contributed by atoms with Crippen molar-refractivity contribution in [2.24, 2.45) is 5.92 Å². The molecule has 2 N–H and O–H groups in total. The Morgan fingerprint density at radius 3 is 2.62 bits per heavy atom. The van der Waals surface area contributed by atoms with Crippen LogP contribution in [0.3, 0.4) is 0 Å². The number of aromatic amines is 1. The van der Waals surface area contributed by atoms with E-state index >= 15 is 0 Å². The van der Waals surface area contributed by atoms with Crippen molar-refractivity contribution in [3.63, 3.8) is 0 Å². The average molecular weight is 477 g/mol. The molecular weight excluding hydrogens is 452 g/mol. The van der Waals surface area contributed by atoms with Crippen molar-refractivity contribution in [1.82, 2.24) is 19.5 Å². The molecule has 0 unspecified atom stereocenters. The Labute approximate surface area is 196 Å². The molecule has 4 aromatic rings. The van der Waals surface area contributed by atoms with E-state index in [1.807, 2.05) is 12.3 Å². The van der Waals surface area contributed by atoms with Gasteiger partial charge in [-0.15, -0.1) is 0 Å². The van der Waals surface area contributed by atoms with Crippen LogP contribution >= 0.6 is 0 Å². The van der Waals surface area contributed by atoms with Gasteiger partial charge in [-0.2, -0.15) is 5.26 Å². The summed E-state index contributed by atoms with van der Waals surface area (Å²) in [4.78, 5) is 25.5. The van der Waals surface area contributed by atoms with Crippen molar-refractivity contribution in [2.45, 2.75) is 43.0 Å². The highest BCUT2D eigenvalue weighted by atomic mass is 32.2. The number of carbonyl (C=O) groups excluding carboxylic acids is 1. The molecule has 0 saturated heterocycles. The summed E-state index contributed by atoms with van der Waals surface area (Å²) in [5, 5.41) is 13.1. The first kappa shape index (κ1) is 22.1. The summed E-state index contributed by atoms with van der Waals surface area (Å²) in [5.74, 6) is 0.477. The van der Waals surface area contributed by atoms with E-state index in [2.05, 4.69) is 25.9 Å². The predicted octanol–water partition coefficient (Wildman–Crippen LogP) is 3.75. The second kappa shape index (κ2) is 8.57. The molecule has 1 saturated carbocycles. The third-order valence-corrected chi connectivity index (χ3v) is 7.57. The molecule has 0 atom stereocenters. The number of fused-ring (bicyclic) bond motifs is 3. The van der Waals surface area contributed by atoms with Gasteiger partial charge in [0.15, 0.2) is 9.84 Å². The monoisotopic (exact) mass is 476 g/mol. The summed E-state index contributed by atoms with van der Waals surface area (Å²) in [6.07, 6.45) is 8.10. The number of pyridine rings is 1. The Hall–Kier alpha value is -3.71. The Kier molecular flexibility index (Phi) is 5.57. The number of benzene rings is 1. The summed E-state index contributed by atoms with van der Waals surface area (Å²) >= 11 is 0. The third kappa shape index (κ3) is 4.15. The molecular formula is C24H24N6O3S. The maximum absolute atomic E-state index is 12.9. The molecule has 1 fully saturated rings. The van der Waals surface area contributed by atoms with Crippen molar-refractivity contribution >= 4 is 43.5 Å². The SMILES string of the molecule is CS(=O)(=O)c1ccc(NC(=O)Cc2nc3cnc4[nH]ccc4c3n2[C@H]2CC[C@H](C#N)CC2)cc1. The molecule has 10 heteroatoms. The second-order valence-electron chi connectivity index (χ2n) is 8.79. The highest BCUT2D eigenvalue weighted by Crippen LogP contribution is 2.37. The molecule has 9 nitrogen and oxygen atoms in total. The minimum Gasteiger partial charge on any atom is -0.346 e. The Bertz CT molecular complexity index is 1520. The first-order valence-electron chi connectivity index (χ1n) is 11.2. The number of rotatable bonds is 5. The number of H-pyrrole nitrogens is 1. The minimum absolute atomic E-state index is 0.0621. The van der Waals surface area contributed by atoms with Crippen molar-refractivity contribution in [3.05, 3.63) is 48.5 Å². The van der Waals surface area contributed by atoms with Crippen molar-refractivity contribution in [1.29, 1.82) is 5.26 Å². The fourth-order valence-corrected chi connectivity index (χ4v) is 5.39. The predicted molar refractivity (Wildman–Crippen MR) is 128 cm³/mol. The lowest BCUT2D eigenvalue weighted by molar-refractivity contribution is -0.115. The molecule has 0 spiro atoms. The normalized spacial score (nSPS) is 18.7. The standard InChI is InChI=1S/C24H24N6O3S/c1-34(32,33)18-8-4-16(5-9-18)28-22(31)12-21-29-20-14-27-24-19(10-11-26-24)23(20)30(21)17-6-2-15(13-25)3-7-17/h4-5,8-11,14-15,17H,2-3,6-7,12H2,1H3,(H,26,27)(H,28,31)/t15-,17-. The largest absolute Gasteiger partial charge is 0.346 e. The first-order chi connectivity index (χ1) is 16.3. The Morgan fingerprint density at radius 1 is 1.21 bits per heavy atom. The highest BCUT2D eigenvalue weighted by Gasteiger charge is 2.27. The fraction of sp³-hybridized carbons (Fsp3) is 0.333. The van der Waals surface area contributed by atoms with E-state index in [9.17, 15) is 18.5 Å². The Morgan fingerprint density at radius 2 is 1.94 bits per heavy atom.